The van der Waals surface area contributed by atoms with Crippen molar-refractivity contribution in [3.8, 4) is 0 Å². The maximum atomic E-state index is 5.43. The van der Waals surface area contributed by atoms with Gasteiger partial charge in [-0.25, -0.2) is 0 Å². The first-order valence-corrected chi connectivity index (χ1v) is 2.61. The zero-order chi connectivity index (χ0) is 5.98. The molecule has 0 radical (unpaired) electrons. The molecule has 0 aliphatic heterocycles. The molecule has 0 saturated heterocycles. The van der Waals surface area contributed by atoms with Crippen molar-refractivity contribution >= 4 is 13.3 Å². The quantitative estimate of drug-likeness (QED) is 0.485. The van der Waals surface area contributed by atoms with E-state index in [4.69, 9.17) is 7.85 Å². The van der Waals surface area contributed by atoms with Crippen molar-refractivity contribution in [1.82, 2.24) is 0 Å². The first-order valence-electron chi connectivity index (χ1n) is 2.61. The van der Waals surface area contributed by atoms with Gasteiger partial charge in [-0.3, -0.25) is 0 Å². The summed E-state index contributed by atoms with van der Waals surface area (Å²) in [5.41, 5.74) is 2.08. The van der Waals surface area contributed by atoms with Gasteiger partial charge in [0.15, 0.2) is 0 Å². The largest absolute Gasteiger partial charge is 0.870 e. The standard InChI is InChI=1S/C7H7B.2H2O/c1-6-2-4-7(8)5-3-6;;/h2-5H,1H3;2*1H2/q+2;;/p-2. The first kappa shape index (κ1) is 11.9. The maximum Gasteiger partial charge on any atom is -0.870 e. The minimum Gasteiger partial charge on any atom is -0.870 e. The fourth-order valence-corrected chi connectivity index (χ4v) is 0.566. The van der Waals surface area contributed by atoms with E-state index in [0.29, 0.717) is 0 Å². The van der Waals surface area contributed by atoms with Crippen LogP contribution in [0.25, 0.3) is 0 Å². The summed E-state index contributed by atoms with van der Waals surface area (Å²) in [7, 11) is 5.43. The molecule has 1 aromatic rings. The van der Waals surface area contributed by atoms with Crippen LogP contribution in [0, 0.1) is 6.92 Å². The van der Waals surface area contributed by atoms with E-state index in [-0.39, 0.29) is 11.0 Å². The molecule has 0 aliphatic carbocycles. The first-order chi connectivity index (χ1) is 3.79. The number of benzene rings is 1. The Labute approximate surface area is 61.9 Å². The van der Waals surface area contributed by atoms with Gasteiger partial charge >= 0.3 is 50.1 Å². The number of hydrogen-bond donors (Lipinski definition) is 0. The molecule has 0 aromatic heterocycles. The Bertz CT molecular complexity index is 150. The van der Waals surface area contributed by atoms with Crippen molar-refractivity contribution in [2.45, 2.75) is 6.92 Å². The van der Waals surface area contributed by atoms with E-state index in [0.717, 1.165) is 5.46 Å². The van der Waals surface area contributed by atoms with Crippen molar-refractivity contribution in [2.24, 2.45) is 0 Å². The van der Waals surface area contributed by atoms with Crippen LogP contribution in [-0.2, 0) is 0 Å². The van der Waals surface area contributed by atoms with Crippen LogP contribution in [0.5, 0.6) is 0 Å². The van der Waals surface area contributed by atoms with Gasteiger partial charge in [0.1, 0.15) is 0 Å². The third-order valence-electron chi connectivity index (χ3n) is 1.08. The van der Waals surface area contributed by atoms with Gasteiger partial charge in [0.25, 0.3) is 0 Å². The summed E-state index contributed by atoms with van der Waals surface area (Å²) in [6, 6.07) is 7.79. The Balaban J connectivity index is 0. The second kappa shape index (κ2) is 5.03. The molecule has 2 N–H and O–H groups in total. The summed E-state index contributed by atoms with van der Waals surface area (Å²) in [4.78, 5) is 0. The molecule has 52 valence electrons. The molecule has 0 spiro atoms. The van der Waals surface area contributed by atoms with E-state index in [9.17, 15) is 0 Å². The summed E-state index contributed by atoms with van der Waals surface area (Å²) >= 11 is 0. The van der Waals surface area contributed by atoms with Crippen LogP contribution >= 0.6 is 0 Å². The third kappa shape index (κ3) is 3.27. The summed E-state index contributed by atoms with van der Waals surface area (Å²) in [5.74, 6) is 0. The van der Waals surface area contributed by atoms with Crippen LogP contribution in [-0.4, -0.2) is 18.8 Å². The van der Waals surface area contributed by atoms with Gasteiger partial charge in [-0.2, -0.15) is 0 Å². The minimum atomic E-state index is 0. The fourth-order valence-electron chi connectivity index (χ4n) is 0.566. The molecule has 3 heteroatoms. The molecule has 0 aliphatic rings. The van der Waals surface area contributed by atoms with Crippen molar-refractivity contribution in [3.63, 3.8) is 0 Å². The number of rotatable bonds is 0. The Hall–Kier alpha value is -0.795. The molecular weight excluding hydrogens is 127 g/mol. The van der Waals surface area contributed by atoms with Crippen LogP contribution in [0.3, 0.4) is 0 Å². The van der Waals surface area contributed by atoms with E-state index in [2.05, 4.69) is 0 Å². The zero-order valence-electron chi connectivity index (χ0n) is 5.78. The van der Waals surface area contributed by atoms with E-state index in [1.54, 1.807) is 0 Å². The minimum absolute atomic E-state index is 0. The molecule has 0 saturated carbocycles. The number of hydrogen-bond acceptors (Lipinski definition) is 2. The van der Waals surface area contributed by atoms with Crippen LogP contribution < -0.4 is 5.46 Å². The van der Waals surface area contributed by atoms with Crippen LogP contribution in [0.4, 0.5) is 0 Å². The van der Waals surface area contributed by atoms with E-state index in [1.165, 1.54) is 5.56 Å². The van der Waals surface area contributed by atoms with Gasteiger partial charge in [0.2, 0.25) is 0 Å². The fraction of sp³-hybridized carbons (Fsp3) is 0.143. The Morgan fingerprint density at radius 2 is 1.40 bits per heavy atom. The summed E-state index contributed by atoms with van der Waals surface area (Å²) in [6.45, 7) is 2.04. The summed E-state index contributed by atoms with van der Waals surface area (Å²) < 4.78 is 0. The zero-order valence-corrected chi connectivity index (χ0v) is 5.78. The van der Waals surface area contributed by atoms with Gasteiger partial charge < -0.3 is 11.0 Å². The maximum absolute atomic E-state index is 5.43. The van der Waals surface area contributed by atoms with Gasteiger partial charge in [0.05, 0.1) is 0 Å². The normalized spacial score (nSPS) is 7.50. The van der Waals surface area contributed by atoms with Crippen LogP contribution in [0.15, 0.2) is 24.3 Å². The second-order valence-electron chi connectivity index (χ2n) is 1.91. The van der Waals surface area contributed by atoms with E-state index in [1.807, 2.05) is 31.2 Å². The molecule has 0 fully saturated rings. The average molecular weight is 136 g/mol. The molecule has 0 heterocycles. The molecule has 0 atom stereocenters. The summed E-state index contributed by atoms with van der Waals surface area (Å²) in [5, 5.41) is 0. The smallest absolute Gasteiger partial charge is 0.870 e. The molecule has 1 rings (SSSR count). The summed E-state index contributed by atoms with van der Waals surface area (Å²) in [6.07, 6.45) is 0. The van der Waals surface area contributed by atoms with Crippen molar-refractivity contribution < 1.29 is 11.0 Å². The molecular formula is C7H9BO2. The topological polar surface area (TPSA) is 60.0 Å². The van der Waals surface area contributed by atoms with Gasteiger partial charge in [-0.1, -0.05) is 0 Å². The van der Waals surface area contributed by atoms with Crippen molar-refractivity contribution in [1.29, 1.82) is 0 Å². The van der Waals surface area contributed by atoms with Crippen LogP contribution in [0.2, 0.25) is 0 Å². The van der Waals surface area contributed by atoms with Gasteiger partial charge in [-0.15, -0.1) is 0 Å². The van der Waals surface area contributed by atoms with E-state index >= 15 is 0 Å². The Kier molecular flexibility index (Phi) is 6.00. The number of aryl methyl sites for hydroxylation is 1. The molecule has 0 bridgehead atoms. The predicted octanol–water partition coefficient (Wildman–Crippen LogP) is 0.435. The van der Waals surface area contributed by atoms with E-state index < -0.39 is 0 Å². The Morgan fingerprint density at radius 3 is 1.70 bits per heavy atom. The van der Waals surface area contributed by atoms with Crippen molar-refractivity contribution in [3.05, 3.63) is 29.8 Å². The van der Waals surface area contributed by atoms with Crippen LogP contribution in [0.1, 0.15) is 5.56 Å². The molecule has 0 amide bonds. The SMILES string of the molecule is [B+2]c1ccc(C)cc1.[OH-].[OH-]. The molecule has 10 heavy (non-hydrogen) atoms. The van der Waals surface area contributed by atoms with Crippen molar-refractivity contribution in [2.75, 3.05) is 0 Å². The van der Waals surface area contributed by atoms with Gasteiger partial charge in [0, 0.05) is 0 Å². The monoisotopic (exact) mass is 136 g/mol. The second-order valence-corrected chi connectivity index (χ2v) is 1.91. The van der Waals surface area contributed by atoms with Gasteiger partial charge in [-0.05, 0) is 0 Å². The molecule has 0 unspecified atom stereocenters. The Morgan fingerprint density at radius 1 is 1.00 bits per heavy atom. The predicted molar refractivity (Wildman–Crippen MR) is 40.4 cm³/mol. The molecule has 2 nitrogen and oxygen atoms in total. The molecule has 1 aromatic carbocycles. The third-order valence-corrected chi connectivity index (χ3v) is 1.08. The average Bonchev–Trinajstić information content (AvgIpc) is 1.77.